The summed E-state index contributed by atoms with van der Waals surface area (Å²) in [6, 6.07) is 0.245. The first kappa shape index (κ1) is 11.9. The Morgan fingerprint density at radius 2 is 2.06 bits per heavy atom. The lowest BCUT2D eigenvalue weighted by molar-refractivity contribution is -0.124. The Morgan fingerprint density at radius 3 is 2.69 bits per heavy atom. The van der Waals surface area contributed by atoms with Gasteiger partial charge in [0.25, 0.3) is 0 Å². The predicted molar refractivity (Wildman–Crippen MR) is 64.0 cm³/mol. The quantitative estimate of drug-likeness (QED) is 0.725. The third kappa shape index (κ3) is 3.19. The number of amides is 1. The highest BCUT2D eigenvalue weighted by atomic mass is 16.1. The van der Waals surface area contributed by atoms with E-state index in [2.05, 4.69) is 10.2 Å². The summed E-state index contributed by atoms with van der Waals surface area (Å²) in [5, 5.41) is 3.04. The number of carbonyl (C=O) groups is 1. The van der Waals surface area contributed by atoms with Gasteiger partial charge in [-0.25, -0.2) is 0 Å². The molecule has 1 heterocycles. The van der Waals surface area contributed by atoms with Crippen LogP contribution < -0.4 is 11.1 Å². The van der Waals surface area contributed by atoms with Crippen molar-refractivity contribution in [2.24, 2.45) is 11.7 Å². The van der Waals surface area contributed by atoms with Crippen molar-refractivity contribution in [1.29, 1.82) is 0 Å². The van der Waals surface area contributed by atoms with Gasteiger partial charge in [-0.2, -0.15) is 0 Å². The van der Waals surface area contributed by atoms with Gasteiger partial charge in [-0.05, 0) is 45.2 Å². The minimum atomic E-state index is 0.175. The number of likely N-dealkylation sites (tertiary alicyclic amines) is 1. The van der Waals surface area contributed by atoms with Crippen molar-refractivity contribution in [2.45, 2.75) is 38.1 Å². The van der Waals surface area contributed by atoms with Crippen LogP contribution in [0.3, 0.4) is 0 Å². The van der Waals surface area contributed by atoms with E-state index in [-0.39, 0.29) is 17.9 Å². The lowest BCUT2D eigenvalue weighted by atomic mass is 10.1. The van der Waals surface area contributed by atoms with Gasteiger partial charge in [0.2, 0.25) is 5.91 Å². The van der Waals surface area contributed by atoms with Gasteiger partial charge < -0.3 is 16.0 Å². The summed E-state index contributed by atoms with van der Waals surface area (Å²) in [5.74, 6) is 0.390. The minimum Gasteiger partial charge on any atom is -0.355 e. The number of hydrogen-bond donors (Lipinski definition) is 2. The van der Waals surface area contributed by atoms with Gasteiger partial charge >= 0.3 is 0 Å². The first-order valence-electron chi connectivity index (χ1n) is 6.51. The van der Waals surface area contributed by atoms with E-state index < -0.39 is 0 Å². The fraction of sp³-hybridized carbons (Fsp3) is 0.917. The molecule has 92 valence electrons. The molecule has 1 aliphatic heterocycles. The summed E-state index contributed by atoms with van der Waals surface area (Å²) in [6.07, 6.45) is 5.47. The average Bonchev–Trinajstić information content (AvgIpc) is 2.89. The van der Waals surface area contributed by atoms with Crippen LogP contribution in [-0.2, 0) is 4.79 Å². The predicted octanol–water partition coefficient (Wildman–Crippen LogP) is 0.326. The summed E-state index contributed by atoms with van der Waals surface area (Å²) in [4.78, 5) is 14.2. The zero-order valence-corrected chi connectivity index (χ0v) is 9.95. The number of carbonyl (C=O) groups excluding carboxylic acids is 1. The van der Waals surface area contributed by atoms with Gasteiger partial charge in [0, 0.05) is 25.0 Å². The molecule has 2 rings (SSSR count). The highest BCUT2D eigenvalue weighted by molar-refractivity contribution is 5.78. The Hall–Kier alpha value is -0.610. The fourth-order valence-electron chi connectivity index (χ4n) is 2.74. The smallest absolute Gasteiger partial charge is 0.223 e. The standard InChI is InChI=1S/C12H23N3O/c13-11-4-3-10(9-11)12(16)14-5-8-15-6-1-2-7-15/h10-11H,1-9,13H2,(H,14,16). The van der Waals surface area contributed by atoms with Gasteiger partial charge in [-0.1, -0.05) is 0 Å². The van der Waals surface area contributed by atoms with E-state index >= 15 is 0 Å². The maximum atomic E-state index is 11.8. The molecule has 4 heteroatoms. The average molecular weight is 225 g/mol. The lowest BCUT2D eigenvalue weighted by Gasteiger charge is -2.16. The molecule has 1 saturated heterocycles. The third-order valence-corrected chi connectivity index (χ3v) is 3.77. The second-order valence-corrected chi connectivity index (χ2v) is 5.11. The molecule has 1 aliphatic carbocycles. The number of rotatable bonds is 4. The topological polar surface area (TPSA) is 58.4 Å². The van der Waals surface area contributed by atoms with E-state index in [1.807, 2.05) is 0 Å². The highest BCUT2D eigenvalue weighted by Crippen LogP contribution is 2.23. The molecule has 0 radical (unpaired) electrons. The van der Waals surface area contributed by atoms with Crippen molar-refractivity contribution in [3.8, 4) is 0 Å². The zero-order chi connectivity index (χ0) is 11.4. The van der Waals surface area contributed by atoms with Crippen LogP contribution in [0.25, 0.3) is 0 Å². The van der Waals surface area contributed by atoms with E-state index in [0.29, 0.717) is 0 Å². The Morgan fingerprint density at radius 1 is 1.31 bits per heavy atom. The second kappa shape index (κ2) is 5.64. The molecule has 0 bridgehead atoms. The summed E-state index contributed by atoms with van der Waals surface area (Å²) in [5.41, 5.74) is 5.80. The fourth-order valence-corrected chi connectivity index (χ4v) is 2.74. The van der Waals surface area contributed by atoms with Crippen LogP contribution in [0.4, 0.5) is 0 Å². The van der Waals surface area contributed by atoms with Crippen molar-refractivity contribution < 1.29 is 4.79 Å². The molecule has 0 aromatic rings. The second-order valence-electron chi connectivity index (χ2n) is 5.11. The van der Waals surface area contributed by atoms with Gasteiger partial charge in [0.1, 0.15) is 0 Å². The SMILES string of the molecule is NC1CCC(C(=O)NCCN2CCCC2)C1. The maximum Gasteiger partial charge on any atom is 0.223 e. The highest BCUT2D eigenvalue weighted by Gasteiger charge is 2.27. The molecule has 16 heavy (non-hydrogen) atoms. The third-order valence-electron chi connectivity index (χ3n) is 3.77. The molecule has 2 unspecified atom stereocenters. The maximum absolute atomic E-state index is 11.8. The van der Waals surface area contributed by atoms with Crippen LogP contribution in [0.15, 0.2) is 0 Å². The van der Waals surface area contributed by atoms with Gasteiger partial charge in [0.05, 0.1) is 0 Å². The van der Waals surface area contributed by atoms with Crippen molar-refractivity contribution in [3.05, 3.63) is 0 Å². The molecule has 2 atom stereocenters. The molecule has 2 fully saturated rings. The van der Waals surface area contributed by atoms with Crippen LogP contribution >= 0.6 is 0 Å². The van der Waals surface area contributed by atoms with E-state index in [0.717, 1.165) is 32.4 Å². The van der Waals surface area contributed by atoms with Gasteiger partial charge in [-0.15, -0.1) is 0 Å². The number of nitrogens with zero attached hydrogens (tertiary/aromatic N) is 1. The van der Waals surface area contributed by atoms with Crippen molar-refractivity contribution in [2.75, 3.05) is 26.2 Å². The van der Waals surface area contributed by atoms with E-state index in [4.69, 9.17) is 5.73 Å². The van der Waals surface area contributed by atoms with E-state index in [1.54, 1.807) is 0 Å². The molecule has 4 nitrogen and oxygen atoms in total. The summed E-state index contributed by atoms with van der Waals surface area (Å²) in [6.45, 7) is 4.20. The summed E-state index contributed by atoms with van der Waals surface area (Å²) in [7, 11) is 0. The first-order chi connectivity index (χ1) is 7.75. The Labute approximate surface area is 97.6 Å². The zero-order valence-electron chi connectivity index (χ0n) is 9.95. The number of nitrogens with one attached hydrogen (secondary N) is 1. The molecule has 0 aromatic carbocycles. The van der Waals surface area contributed by atoms with Crippen LogP contribution in [0, 0.1) is 5.92 Å². The van der Waals surface area contributed by atoms with E-state index in [9.17, 15) is 4.79 Å². The van der Waals surface area contributed by atoms with Crippen molar-refractivity contribution in [1.82, 2.24) is 10.2 Å². The van der Waals surface area contributed by atoms with Crippen LogP contribution in [-0.4, -0.2) is 43.0 Å². The molecule has 0 spiro atoms. The van der Waals surface area contributed by atoms with Crippen LogP contribution in [0.5, 0.6) is 0 Å². The Balaban J connectivity index is 1.60. The van der Waals surface area contributed by atoms with Gasteiger partial charge in [-0.3, -0.25) is 4.79 Å². The molecular formula is C12H23N3O. The minimum absolute atomic E-state index is 0.175. The summed E-state index contributed by atoms with van der Waals surface area (Å²) < 4.78 is 0. The van der Waals surface area contributed by atoms with Crippen LogP contribution in [0.2, 0.25) is 0 Å². The van der Waals surface area contributed by atoms with Gasteiger partial charge in [0.15, 0.2) is 0 Å². The number of nitrogens with two attached hydrogens (primary N) is 1. The monoisotopic (exact) mass is 225 g/mol. The molecule has 1 amide bonds. The van der Waals surface area contributed by atoms with Crippen LogP contribution in [0.1, 0.15) is 32.1 Å². The van der Waals surface area contributed by atoms with Crippen molar-refractivity contribution in [3.63, 3.8) is 0 Å². The Kier molecular flexibility index (Phi) is 4.18. The molecule has 1 saturated carbocycles. The number of hydrogen-bond acceptors (Lipinski definition) is 3. The molecule has 3 N–H and O–H groups in total. The largest absolute Gasteiger partial charge is 0.355 e. The lowest BCUT2D eigenvalue weighted by Crippen LogP contribution is -2.36. The first-order valence-corrected chi connectivity index (χ1v) is 6.51. The normalized spacial score (nSPS) is 30.8. The molecule has 0 aromatic heterocycles. The Bertz CT molecular complexity index is 238. The van der Waals surface area contributed by atoms with E-state index in [1.165, 1.54) is 25.9 Å². The summed E-state index contributed by atoms with van der Waals surface area (Å²) >= 11 is 0. The molecule has 2 aliphatic rings. The molecular weight excluding hydrogens is 202 g/mol. The van der Waals surface area contributed by atoms with Crippen molar-refractivity contribution >= 4 is 5.91 Å².